The van der Waals surface area contributed by atoms with E-state index in [1.54, 1.807) is 11.7 Å². The minimum Gasteiger partial charge on any atom is -0.497 e. The number of carbonyl (C=O) groups excluding carboxylic acids is 1. The minimum atomic E-state index is 0.0263. The molecule has 3 rings (SSSR count). The van der Waals surface area contributed by atoms with Gasteiger partial charge in [-0.25, -0.2) is 0 Å². The summed E-state index contributed by atoms with van der Waals surface area (Å²) in [5.41, 5.74) is 1.71. The van der Waals surface area contributed by atoms with Crippen LogP contribution in [0, 0.1) is 0 Å². The first-order valence-corrected chi connectivity index (χ1v) is 8.64. The van der Waals surface area contributed by atoms with Crippen LogP contribution in [0.5, 0.6) is 5.75 Å². The van der Waals surface area contributed by atoms with Gasteiger partial charge in [0.15, 0.2) is 0 Å². The van der Waals surface area contributed by atoms with Crippen molar-refractivity contribution in [3.05, 3.63) is 59.7 Å². The van der Waals surface area contributed by atoms with Gasteiger partial charge in [0.1, 0.15) is 11.2 Å². The van der Waals surface area contributed by atoms with Gasteiger partial charge in [-0.1, -0.05) is 37.5 Å². The highest BCUT2D eigenvalue weighted by atomic mass is 16.5. The van der Waals surface area contributed by atoms with E-state index in [1.165, 1.54) is 19.3 Å². The zero-order chi connectivity index (χ0) is 16.8. The van der Waals surface area contributed by atoms with Crippen molar-refractivity contribution in [3.8, 4) is 5.75 Å². The van der Waals surface area contributed by atoms with E-state index in [4.69, 9.17) is 9.73 Å². The first-order chi connectivity index (χ1) is 11.8. The summed E-state index contributed by atoms with van der Waals surface area (Å²) < 4.78 is 6.90. The lowest BCUT2D eigenvalue weighted by Crippen LogP contribution is -2.29. The maximum absolute atomic E-state index is 12.7. The van der Waals surface area contributed by atoms with Gasteiger partial charge in [0.05, 0.1) is 19.6 Å². The number of rotatable bonds is 4. The summed E-state index contributed by atoms with van der Waals surface area (Å²) in [7, 11) is 1.63. The molecule has 2 aromatic rings. The second-order valence-electron chi connectivity index (χ2n) is 6.27. The number of aromatic nitrogens is 1. The molecule has 1 fully saturated rings. The van der Waals surface area contributed by atoms with Crippen LogP contribution in [0.15, 0.2) is 53.7 Å². The SMILES string of the molecule is COc1cccc(CC(=O)n2ccccc2=NC2CCCCC2)c1. The molecule has 1 aromatic carbocycles. The summed E-state index contributed by atoms with van der Waals surface area (Å²) in [6.45, 7) is 0. The molecule has 0 atom stereocenters. The highest BCUT2D eigenvalue weighted by Crippen LogP contribution is 2.19. The average molecular weight is 324 g/mol. The predicted molar refractivity (Wildman–Crippen MR) is 94.2 cm³/mol. The summed E-state index contributed by atoms with van der Waals surface area (Å²) in [5, 5.41) is 0. The largest absolute Gasteiger partial charge is 0.497 e. The third-order valence-corrected chi connectivity index (χ3v) is 4.49. The van der Waals surface area contributed by atoms with Crippen LogP contribution in [0.1, 0.15) is 42.5 Å². The van der Waals surface area contributed by atoms with Crippen molar-refractivity contribution in [1.29, 1.82) is 0 Å². The van der Waals surface area contributed by atoms with Crippen molar-refractivity contribution >= 4 is 5.91 Å². The Balaban J connectivity index is 1.83. The monoisotopic (exact) mass is 324 g/mol. The van der Waals surface area contributed by atoms with Gasteiger partial charge in [-0.05, 0) is 42.7 Å². The predicted octanol–water partition coefficient (Wildman–Crippen LogP) is 3.61. The molecule has 1 heterocycles. The maximum atomic E-state index is 12.7. The topological polar surface area (TPSA) is 43.6 Å². The lowest BCUT2D eigenvalue weighted by atomic mass is 9.96. The van der Waals surface area contributed by atoms with Crippen molar-refractivity contribution in [2.24, 2.45) is 4.99 Å². The van der Waals surface area contributed by atoms with Crippen LogP contribution >= 0.6 is 0 Å². The van der Waals surface area contributed by atoms with E-state index >= 15 is 0 Å². The van der Waals surface area contributed by atoms with Crippen molar-refractivity contribution in [1.82, 2.24) is 4.57 Å². The van der Waals surface area contributed by atoms with Gasteiger partial charge >= 0.3 is 0 Å². The number of pyridine rings is 1. The number of ether oxygens (including phenoxy) is 1. The molecule has 4 heteroatoms. The molecule has 0 amide bonds. The normalized spacial score (nSPS) is 16.1. The van der Waals surface area contributed by atoms with E-state index in [0.717, 1.165) is 29.6 Å². The third kappa shape index (κ3) is 4.13. The van der Waals surface area contributed by atoms with Gasteiger partial charge < -0.3 is 4.74 Å². The molecule has 1 aliphatic rings. The highest BCUT2D eigenvalue weighted by Gasteiger charge is 2.13. The second-order valence-corrected chi connectivity index (χ2v) is 6.27. The van der Waals surface area contributed by atoms with E-state index in [2.05, 4.69) is 0 Å². The van der Waals surface area contributed by atoms with E-state index in [1.807, 2.05) is 48.7 Å². The van der Waals surface area contributed by atoms with Crippen LogP contribution in [0.3, 0.4) is 0 Å². The fourth-order valence-corrected chi connectivity index (χ4v) is 3.19. The average Bonchev–Trinajstić information content (AvgIpc) is 2.63. The van der Waals surface area contributed by atoms with Crippen molar-refractivity contribution in [2.75, 3.05) is 7.11 Å². The van der Waals surface area contributed by atoms with E-state index in [9.17, 15) is 4.79 Å². The van der Waals surface area contributed by atoms with Crippen LogP contribution in [0.2, 0.25) is 0 Å². The fraction of sp³-hybridized carbons (Fsp3) is 0.400. The van der Waals surface area contributed by atoms with Crippen LogP contribution < -0.4 is 10.2 Å². The van der Waals surface area contributed by atoms with Gasteiger partial charge in [0, 0.05) is 6.20 Å². The Kier molecular flexibility index (Phi) is 5.47. The van der Waals surface area contributed by atoms with Gasteiger partial charge in [0.2, 0.25) is 5.91 Å². The summed E-state index contributed by atoms with van der Waals surface area (Å²) in [6, 6.07) is 13.7. The molecule has 1 saturated carbocycles. The molecule has 0 radical (unpaired) electrons. The molecule has 0 spiro atoms. The number of hydrogen-bond acceptors (Lipinski definition) is 3. The molecule has 0 saturated heterocycles. The minimum absolute atomic E-state index is 0.0263. The summed E-state index contributed by atoms with van der Waals surface area (Å²) in [6.07, 6.45) is 8.16. The fourth-order valence-electron chi connectivity index (χ4n) is 3.19. The van der Waals surface area contributed by atoms with Crippen LogP contribution in [-0.4, -0.2) is 23.6 Å². The summed E-state index contributed by atoms with van der Waals surface area (Å²) in [4.78, 5) is 17.6. The lowest BCUT2D eigenvalue weighted by molar-refractivity contribution is 0.0908. The molecule has 1 aliphatic carbocycles. The van der Waals surface area contributed by atoms with Gasteiger partial charge in [-0.15, -0.1) is 0 Å². The highest BCUT2D eigenvalue weighted by molar-refractivity contribution is 5.81. The zero-order valence-electron chi connectivity index (χ0n) is 14.1. The molecule has 1 aromatic heterocycles. The Labute approximate surface area is 142 Å². The number of carbonyl (C=O) groups is 1. The molecule has 0 bridgehead atoms. The first-order valence-electron chi connectivity index (χ1n) is 8.64. The Hall–Kier alpha value is -2.36. The van der Waals surface area contributed by atoms with Crippen molar-refractivity contribution < 1.29 is 9.53 Å². The van der Waals surface area contributed by atoms with Crippen molar-refractivity contribution in [2.45, 2.75) is 44.6 Å². The van der Waals surface area contributed by atoms with Crippen LogP contribution in [0.25, 0.3) is 0 Å². The van der Waals surface area contributed by atoms with Gasteiger partial charge in [0.25, 0.3) is 0 Å². The maximum Gasteiger partial charge on any atom is 0.236 e. The summed E-state index contributed by atoms with van der Waals surface area (Å²) >= 11 is 0. The Bertz CT molecular complexity index is 758. The van der Waals surface area contributed by atoms with E-state index < -0.39 is 0 Å². The Morgan fingerprint density at radius 2 is 2.00 bits per heavy atom. The molecule has 4 nitrogen and oxygen atoms in total. The molecule has 0 unspecified atom stereocenters. The Morgan fingerprint density at radius 3 is 2.79 bits per heavy atom. The van der Waals surface area contributed by atoms with E-state index in [-0.39, 0.29) is 5.91 Å². The number of methoxy groups -OCH3 is 1. The second kappa shape index (κ2) is 7.95. The smallest absolute Gasteiger partial charge is 0.236 e. The molecule has 0 N–H and O–H groups in total. The number of benzene rings is 1. The van der Waals surface area contributed by atoms with Crippen LogP contribution in [-0.2, 0) is 6.42 Å². The molecular formula is C20H24N2O2. The molecule has 126 valence electrons. The lowest BCUT2D eigenvalue weighted by Gasteiger charge is -2.17. The zero-order valence-corrected chi connectivity index (χ0v) is 14.1. The summed E-state index contributed by atoms with van der Waals surface area (Å²) in [5.74, 6) is 0.795. The Morgan fingerprint density at radius 1 is 1.17 bits per heavy atom. The first kappa shape index (κ1) is 16.5. The van der Waals surface area contributed by atoms with Crippen LogP contribution in [0.4, 0.5) is 0 Å². The quantitative estimate of drug-likeness (QED) is 0.862. The number of nitrogens with zero attached hydrogens (tertiary/aromatic N) is 2. The van der Waals surface area contributed by atoms with Gasteiger partial charge in [-0.3, -0.25) is 14.4 Å². The van der Waals surface area contributed by atoms with Gasteiger partial charge in [-0.2, -0.15) is 0 Å². The van der Waals surface area contributed by atoms with Crippen molar-refractivity contribution in [3.63, 3.8) is 0 Å². The standard InChI is InChI=1S/C20H24N2O2/c1-24-18-11-7-8-16(14-18)15-20(23)22-13-6-5-12-19(22)21-17-9-3-2-4-10-17/h5-8,11-14,17H,2-4,9-10,15H2,1H3. The molecular weight excluding hydrogens is 300 g/mol. The number of hydrogen-bond donors (Lipinski definition) is 0. The third-order valence-electron chi connectivity index (χ3n) is 4.49. The van der Waals surface area contributed by atoms with E-state index in [0.29, 0.717) is 12.5 Å². The molecule has 24 heavy (non-hydrogen) atoms. The molecule has 0 aliphatic heterocycles.